The van der Waals surface area contributed by atoms with Gasteiger partial charge in [0.05, 0.1) is 7.11 Å². The third-order valence-electron chi connectivity index (χ3n) is 5.16. The predicted octanol–water partition coefficient (Wildman–Crippen LogP) is 2.42. The quantitative estimate of drug-likeness (QED) is 0.783. The second kappa shape index (κ2) is 10.8. The van der Waals surface area contributed by atoms with E-state index in [2.05, 4.69) is 0 Å². The minimum Gasteiger partial charge on any atom is -0.497 e. The van der Waals surface area contributed by atoms with Gasteiger partial charge in [-0.15, -0.1) is 12.4 Å². The van der Waals surface area contributed by atoms with Crippen LogP contribution >= 0.6 is 12.4 Å². The summed E-state index contributed by atoms with van der Waals surface area (Å²) in [6, 6.07) is 16.5. The summed E-state index contributed by atoms with van der Waals surface area (Å²) in [5.74, 6) is 0.844. The molecule has 1 fully saturated rings. The van der Waals surface area contributed by atoms with Crippen LogP contribution in [0, 0.1) is 0 Å². The van der Waals surface area contributed by atoms with Crippen LogP contribution in [0.4, 0.5) is 0 Å². The lowest BCUT2D eigenvalue weighted by Gasteiger charge is -2.36. The minimum absolute atomic E-state index is 0. The van der Waals surface area contributed by atoms with Gasteiger partial charge in [-0.2, -0.15) is 0 Å². The maximum atomic E-state index is 12.6. The lowest BCUT2D eigenvalue weighted by molar-refractivity contribution is -0.140. The molecule has 1 heterocycles. The molecular formula is C22H28ClN3O3. The smallest absolute Gasteiger partial charge is 0.244 e. The van der Waals surface area contributed by atoms with Crippen molar-refractivity contribution >= 4 is 24.2 Å². The molecule has 156 valence electrons. The highest BCUT2D eigenvalue weighted by Crippen LogP contribution is 2.16. The highest BCUT2D eigenvalue weighted by Gasteiger charge is 2.27. The fourth-order valence-electron chi connectivity index (χ4n) is 3.38. The van der Waals surface area contributed by atoms with Gasteiger partial charge in [0, 0.05) is 32.6 Å². The van der Waals surface area contributed by atoms with Crippen LogP contribution in [0.1, 0.15) is 23.6 Å². The van der Waals surface area contributed by atoms with Gasteiger partial charge in [0.2, 0.25) is 11.8 Å². The monoisotopic (exact) mass is 417 g/mol. The standard InChI is InChI=1S/C22H27N3O3.ClH/c1-28-19-10-7-17(8-11-19)9-12-20(26)24-13-15-25(16-14-24)22(27)21(23)18-5-3-2-4-6-18;/h2-8,10-11,21H,9,12-16,23H2,1H3;1H. The Balaban J connectivity index is 0.00000300. The summed E-state index contributed by atoms with van der Waals surface area (Å²) in [6.45, 7) is 2.14. The van der Waals surface area contributed by atoms with E-state index >= 15 is 0 Å². The van der Waals surface area contributed by atoms with Gasteiger partial charge in [-0.05, 0) is 29.7 Å². The van der Waals surface area contributed by atoms with Gasteiger partial charge in [0.15, 0.2) is 0 Å². The largest absolute Gasteiger partial charge is 0.497 e. The van der Waals surface area contributed by atoms with Crippen molar-refractivity contribution in [2.75, 3.05) is 33.3 Å². The van der Waals surface area contributed by atoms with Crippen LogP contribution in [0.5, 0.6) is 5.75 Å². The number of hydrogen-bond acceptors (Lipinski definition) is 4. The number of benzene rings is 2. The predicted molar refractivity (Wildman–Crippen MR) is 115 cm³/mol. The van der Waals surface area contributed by atoms with E-state index in [9.17, 15) is 9.59 Å². The number of piperazine rings is 1. The summed E-state index contributed by atoms with van der Waals surface area (Å²) in [5.41, 5.74) is 8.03. The van der Waals surface area contributed by atoms with Gasteiger partial charge in [0.25, 0.3) is 0 Å². The lowest BCUT2D eigenvalue weighted by Crippen LogP contribution is -2.52. The molecule has 0 bridgehead atoms. The van der Waals surface area contributed by atoms with E-state index in [1.165, 1.54) is 0 Å². The van der Waals surface area contributed by atoms with Crippen molar-refractivity contribution in [2.45, 2.75) is 18.9 Å². The molecule has 0 aliphatic carbocycles. The number of ether oxygens (including phenoxy) is 1. The van der Waals surface area contributed by atoms with Gasteiger partial charge >= 0.3 is 0 Å². The van der Waals surface area contributed by atoms with Gasteiger partial charge in [0.1, 0.15) is 11.8 Å². The van der Waals surface area contributed by atoms with Crippen molar-refractivity contribution in [3.63, 3.8) is 0 Å². The molecule has 0 saturated carbocycles. The zero-order valence-corrected chi connectivity index (χ0v) is 17.4. The van der Waals surface area contributed by atoms with E-state index in [1.54, 1.807) is 12.0 Å². The number of hydrogen-bond donors (Lipinski definition) is 1. The summed E-state index contributed by atoms with van der Waals surface area (Å²) in [5, 5.41) is 0. The highest BCUT2D eigenvalue weighted by molar-refractivity contribution is 5.85. The maximum Gasteiger partial charge on any atom is 0.244 e. The molecule has 2 aromatic rings. The second-order valence-electron chi connectivity index (χ2n) is 6.94. The number of rotatable bonds is 6. The fourth-order valence-corrected chi connectivity index (χ4v) is 3.38. The first-order valence-corrected chi connectivity index (χ1v) is 9.58. The summed E-state index contributed by atoms with van der Waals surface area (Å²) < 4.78 is 5.15. The fraction of sp³-hybridized carbons (Fsp3) is 0.364. The number of nitrogens with two attached hydrogens (primary N) is 1. The van der Waals surface area contributed by atoms with E-state index in [4.69, 9.17) is 10.5 Å². The van der Waals surface area contributed by atoms with Crippen molar-refractivity contribution in [2.24, 2.45) is 5.73 Å². The summed E-state index contributed by atoms with van der Waals surface area (Å²) in [6.07, 6.45) is 1.16. The topological polar surface area (TPSA) is 75.9 Å². The Bertz CT molecular complexity index is 791. The van der Waals surface area contributed by atoms with Crippen molar-refractivity contribution in [1.82, 2.24) is 9.80 Å². The van der Waals surface area contributed by atoms with Crippen LogP contribution in [-0.2, 0) is 16.0 Å². The molecule has 3 rings (SSSR count). The molecule has 1 atom stereocenters. The Morgan fingerprint density at radius 3 is 2.14 bits per heavy atom. The molecule has 2 N–H and O–H groups in total. The number of nitrogens with zero attached hydrogens (tertiary/aromatic N) is 2. The average Bonchev–Trinajstić information content (AvgIpc) is 2.77. The van der Waals surface area contributed by atoms with Gasteiger partial charge in [-0.3, -0.25) is 9.59 Å². The van der Waals surface area contributed by atoms with Gasteiger partial charge in [-0.1, -0.05) is 42.5 Å². The average molecular weight is 418 g/mol. The molecule has 1 aliphatic heterocycles. The van der Waals surface area contributed by atoms with Crippen molar-refractivity contribution in [3.8, 4) is 5.75 Å². The number of aryl methyl sites for hydroxylation is 1. The summed E-state index contributed by atoms with van der Waals surface area (Å²) in [4.78, 5) is 28.7. The van der Waals surface area contributed by atoms with E-state index in [0.717, 1.165) is 16.9 Å². The molecular weight excluding hydrogens is 390 g/mol. The van der Waals surface area contributed by atoms with Crippen LogP contribution in [0.25, 0.3) is 0 Å². The first-order valence-electron chi connectivity index (χ1n) is 9.58. The zero-order valence-electron chi connectivity index (χ0n) is 16.6. The Morgan fingerprint density at radius 2 is 1.55 bits per heavy atom. The lowest BCUT2D eigenvalue weighted by atomic mass is 10.1. The summed E-state index contributed by atoms with van der Waals surface area (Å²) in [7, 11) is 1.63. The summed E-state index contributed by atoms with van der Waals surface area (Å²) >= 11 is 0. The van der Waals surface area contributed by atoms with Crippen LogP contribution < -0.4 is 10.5 Å². The van der Waals surface area contributed by atoms with Crippen LogP contribution in [0.3, 0.4) is 0 Å². The normalized spacial score (nSPS) is 14.7. The number of carbonyl (C=O) groups excluding carboxylic acids is 2. The first-order chi connectivity index (χ1) is 13.6. The molecule has 1 unspecified atom stereocenters. The molecule has 7 heteroatoms. The number of amides is 2. The van der Waals surface area contributed by atoms with Crippen molar-refractivity contribution < 1.29 is 14.3 Å². The molecule has 0 aromatic heterocycles. The first kappa shape index (κ1) is 22.7. The maximum absolute atomic E-state index is 12.6. The molecule has 0 spiro atoms. The van der Waals surface area contributed by atoms with Gasteiger partial charge in [-0.25, -0.2) is 0 Å². The molecule has 2 amide bonds. The van der Waals surface area contributed by atoms with E-state index in [-0.39, 0.29) is 24.2 Å². The Labute approximate surface area is 178 Å². The highest BCUT2D eigenvalue weighted by atomic mass is 35.5. The molecule has 1 aliphatic rings. The van der Waals surface area contributed by atoms with E-state index in [0.29, 0.717) is 39.0 Å². The van der Waals surface area contributed by atoms with Crippen LogP contribution in [0.15, 0.2) is 54.6 Å². The Morgan fingerprint density at radius 1 is 0.966 bits per heavy atom. The molecule has 0 radical (unpaired) electrons. The van der Waals surface area contributed by atoms with E-state index < -0.39 is 6.04 Å². The van der Waals surface area contributed by atoms with Gasteiger partial charge < -0.3 is 20.3 Å². The SMILES string of the molecule is COc1ccc(CCC(=O)N2CCN(C(=O)C(N)c3ccccc3)CC2)cc1.Cl. The van der Waals surface area contributed by atoms with Crippen molar-refractivity contribution in [3.05, 3.63) is 65.7 Å². The molecule has 1 saturated heterocycles. The second-order valence-corrected chi connectivity index (χ2v) is 6.94. The van der Waals surface area contributed by atoms with Crippen LogP contribution in [-0.4, -0.2) is 54.9 Å². The Kier molecular flexibility index (Phi) is 8.49. The van der Waals surface area contributed by atoms with Crippen molar-refractivity contribution in [1.29, 1.82) is 0 Å². The number of carbonyl (C=O) groups is 2. The minimum atomic E-state index is -0.654. The van der Waals surface area contributed by atoms with Crippen LogP contribution in [0.2, 0.25) is 0 Å². The number of methoxy groups -OCH3 is 1. The zero-order chi connectivity index (χ0) is 19.9. The third-order valence-corrected chi connectivity index (χ3v) is 5.16. The molecule has 6 nitrogen and oxygen atoms in total. The molecule has 2 aromatic carbocycles. The number of halogens is 1. The molecule has 29 heavy (non-hydrogen) atoms. The third kappa shape index (κ3) is 5.95. The van der Waals surface area contributed by atoms with E-state index in [1.807, 2.05) is 59.5 Å². The Hall–Kier alpha value is -2.57.